The van der Waals surface area contributed by atoms with Crippen molar-refractivity contribution in [1.82, 2.24) is 10.2 Å². The summed E-state index contributed by atoms with van der Waals surface area (Å²) in [5.74, 6) is 0.487. The van der Waals surface area contributed by atoms with Gasteiger partial charge in [-0.05, 0) is 44.7 Å². The second kappa shape index (κ2) is 9.35. The molecule has 3 N–H and O–H groups in total. The van der Waals surface area contributed by atoms with Crippen molar-refractivity contribution >= 4 is 5.91 Å². The van der Waals surface area contributed by atoms with Crippen molar-refractivity contribution in [3.8, 4) is 0 Å². The SMILES string of the molecule is CCCNC(CN(CCC(C)C)C1CCCC1)C(N)=O. The van der Waals surface area contributed by atoms with E-state index in [4.69, 9.17) is 5.73 Å². The highest BCUT2D eigenvalue weighted by molar-refractivity contribution is 5.80. The van der Waals surface area contributed by atoms with Gasteiger partial charge in [-0.2, -0.15) is 0 Å². The molecule has 0 aromatic rings. The van der Waals surface area contributed by atoms with Crippen LogP contribution in [0.5, 0.6) is 0 Å². The number of nitrogens with zero attached hydrogens (tertiary/aromatic N) is 1. The molecule has 1 amide bonds. The molecule has 1 unspecified atom stereocenters. The molecule has 1 fully saturated rings. The van der Waals surface area contributed by atoms with Crippen LogP contribution in [-0.4, -0.2) is 42.5 Å². The predicted octanol–water partition coefficient (Wildman–Crippen LogP) is 2.13. The quantitative estimate of drug-likeness (QED) is 0.646. The van der Waals surface area contributed by atoms with Crippen molar-refractivity contribution in [2.24, 2.45) is 11.7 Å². The molecule has 0 heterocycles. The first-order chi connectivity index (χ1) is 9.54. The van der Waals surface area contributed by atoms with E-state index < -0.39 is 0 Å². The van der Waals surface area contributed by atoms with Crippen molar-refractivity contribution in [3.63, 3.8) is 0 Å². The Bertz CT molecular complexity index is 275. The van der Waals surface area contributed by atoms with Crippen LogP contribution in [0.3, 0.4) is 0 Å². The third-order valence-corrected chi connectivity index (χ3v) is 4.24. The first-order valence-corrected chi connectivity index (χ1v) is 8.31. The highest BCUT2D eigenvalue weighted by Gasteiger charge is 2.26. The maximum Gasteiger partial charge on any atom is 0.235 e. The molecule has 1 aliphatic carbocycles. The topological polar surface area (TPSA) is 58.4 Å². The maximum atomic E-state index is 11.6. The predicted molar refractivity (Wildman–Crippen MR) is 84.6 cm³/mol. The standard InChI is InChI=1S/C16H33N3O/c1-4-10-18-15(16(17)20)12-19(11-9-13(2)3)14-7-5-6-8-14/h13-15,18H,4-12H2,1-3H3,(H2,17,20). The summed E-state index contributed by atoms with van der Waals surface area (Å²) in [5.41, 5.74) is 5.55. The molecular weight excluding hydrogens is 250 g/mol. The third kappa shape index (κ3) is 6.23. The smallest absolute Gasteiger partial charge is 0.235 e. The van der Waals surface area contributed by atoms with E-state index in [1.165, 1.54) is 32.1 Å². The van der Waals surface area contributed by atoms with E-state index in [9.17, 15) is 4.79 Å². The summed E-state index contributed by atoms with van der Waals surface area (Å²) in [6.07, 6.45) is 7.42. The zero-order valence-corrected chi connectivity index (χ0v) is 13.5. The van der Waals surface area contributed by atoms with Gasteiger partial charge in [0.1, 0.15) is 0 Å². The number of primary amides is 1. The fourth-order valence-electron chi connectivity index (χ4n) is 2.92. The number of rotatable bonds is 10. The van der Waals surface area contributed by atoms with Crippen molar-refractivity contribution in [2.75, 3.05) is 19.6 Å². The normalized spacial score (nSPS) is 18.1. The van der Waals surface area contributed by atoms with Crippen LogP contribution in [0.15, 0.2) is 0 Å². The first kappa shape index (κ1) is 17.4. The molecular formula is C16H33N3O. The second-order valence-corrected chi connectivity index (χ2v) is 6.52. The van der Waals surface area contributed by atoms with Gasteiger partial charge in [-0.3, -0.25) is 9.69 Å². The van der Waals surface area contributed by atoms with Crippen LogP contribution >= 0.6 is 0 Å². The van der Waals surface area contributed by atoms with Gasteiger partial charge in [-0.15, -0.1) is 0 Å². The molecule has 0 spiro atoms. The Morgan fingerprint density at radius 3 is 2.50 bits per heavy atom. The lowest BCUT2D eigenvalue weighted by Crippen LogP contribution is -2.51. The van der Waals surface area contributed by atoms with Crippen LogP contribution in [0.1, 0.15) is 59.3 Å². The van der Waals surface area contributed by atoms with Gasteiger partial charge in [0.15, 0.2) is 0 Å². The van der Waals surface area contributed by atoms with Crippen molar-refractivity contribution in [3.05, 3.63) is 0 Å². The molecule has 1 saturated carbocycles. The number of carbonyl (C=O) groups excluding carboxylic acids is 1. The van der Waals surface area contributed by atoms with E-state index in [0.717, 1.165) is 26.1 Å². The van der Waals surface area contributed by atoms with E-state index in [1.54, 1.807) is 0 Å². The second-order valence-electron chi connectivity index (χ2n) is 6.52. The van der Waals surface area contributed by atoms with Gasteiger partial charge in [0.05, 0.1) is 6.04 Å². The summed E-state index contributed by atoms with van der Waals surface area (Å²) in [6, 6.07) is 0.446. The van der Waals surface area contributed by atoms with Gasteiger partial charge >= 0.3 is 0 Å². The molecule has 0 aromatic carbocycles. The van der Waals surface area contributed by atoms with Crippen molar-refractivity contribution in [2.45, 2.75) is 71.4 Å². The fraction of sp³-hybridized carbons (Fsp3) is 0.938. The van der Waals surface area contributed by atoms with Crippen LogP contribution in [0.25, 0.3) is 0 Å². The van der Waals surface area contributed by atoms with Gasteiger partial charge in [-0.1, -0.05) is 33.6 Å². The van der Waals surface area contributed by atoms with Crippen LogP contribution in [0.2, 0.25) is 0 Å². The van der Waals surface area contributed by atoms with E-state index in [0.29, 0.717) is 12.0 Å². The lowest BCUT2D eigenvalue weighted by molar-refractivity contribution is -0.120. The molecule has 1 rings (SSSR count). The monoisotopic (exact) mass is 283 g/mol. The molecule has 4 heteroatoms. The molecule has 0 aromatic heterocycles. The van der Waals surface area contributed by atoms with E-state index in [2.05, 4.69) is 31.0 Å². The van der Waals surface area contributed by atoms with Crippen molar-refractivity contribution in [1.29, 1.82) is 0 Å². The van der Waals surface area contributed by atoms with Gasteiger partial charge in [0.2, 0.25) is 5.91 Å². The zero-order chi connectivity index (χ0) is 15.0. The van der Waals surface area contributed by atoms with E-state index in [1.807, 2.05) is 0 Å². The van der Waals surface area contributed by atoms with Gasteiger partial charge in [0.25, 0.3) is 0 Å². The molecule has 20 heavy (non-hydrogen) atoms. The summed E-state index contributed by atoms with van der Waals surface area (Å²) in [5, 5.41) is 3.29. The Morgan fingerprint density at radius 2 is 2.00 bits per heavy atom. The average molecular weight is 283 g/mol. The van der Waals surface area contributed by atoms with Gasteiger partial charge in [0, 0.05) is 12.6 Å². The Labute approximate surface area is 124 Å². The van der Waals surface area contributed by atoms with Crippen LogP contribution < -0.4 is 11.1 Å². The molecule has 1 atom stereocenters. The third-order valence-electron chi connectivity index (χ3n) is 4.24. The number of hydrogen-bond donors (Lipinski definition) is 2. The Hall–Kier alpha value is -0.610. The summed E-state index contributed by atoms with van der Waals surface area (Å²) >= 11 is 0. The zero-order valence-electron chi connectivity index (χ0n) is 13.5. The summed E-state index contributed by atoms with van der Waals surface area (Å²) < 4.78 is 0. The molecule has 1 aliphatic rings. The minimum absolute atomic E-state index is 0.206. The van der Waals surface area contributed by atoms with E-state index >= 15 is 0 Å². The Kier molecular flexibility index (Phi) is 8.15. The maximum absolute atomic E-state index is 11.6. The fourth-order valence-corrected chi connectivity index (χ4v) is 2.92. The minimum atomic E-state index is -0.217. The molecule has 0 radical (unpaired) electrons. The minimum Gasteiger partial charge on any atom is -0.368 e. The molecule has 0 saturated heterocycles. The molecule has 0 aliphatic heterocycles. The highest BCUT2D eigenvalue weighted by Crippen LogP contribution is 2.24. The van der Waals surface area contributed by atoms with E-state index in [-0.39, 0.29) is 11.9 Å². The summed E-state index contributed by atoms with van der Waals surface area (Å²) in [6.45, 7) is 9.34. The summed E-state index contributed by atoms with van der Waals surface area (Å²) in [4.78, 5) is 14.1. The number of hydrogen-bond acceptors (Lipinski definition) is 3. The van der Waals surface area contributed by atoms with Gasteiger partial charge < -0.3 is 11.1 Å². The highest BCUT2D eigenvalue weighted by atomic mass is 16.1. The number of amides is 1. The molecule has 0 bridgehead atoms. The largest absolute Gasteiger partial charge is 0.368 e. The van der Waals surface area contributed by atoms with Crippen molar-refractivity contribution < 1.29 is 4.79 Å². The van der Waals surface area contributed by atoms with Crippen LogP contribution in [0, 0.1) is 5.92 Å². The summed E-state index contributed by atoms with van der Waals surface area (Å²) in [7, 11) is 0. The average Bonchev–Trinajstić information content (AvgIpc) is 2.91. The number of nitrogens with two attached hydrogens (primary N) is 1. The Morgan fingerprint density at radius 1 is 1.35 bits per heavy atom. The number of nitrogens with one attached hydrogen (secondary N) is 1. The lowest BCUT2D eigenvalue weighted by atomic mass is 10.1. The molecule has 4 nitrogen and oxygen atoms in total. The number of carbonyl (C=O) groups is 1. The Balaban J connectivity index is 2.57. The van der Waals surface area contributed by atoms with Gasteiger partial charge in [-0.25, -0.2) is 0 Å². The van der Waals surface area contributed by atoms with Crippen LogP contribution in [-0.2, 0) is 4.79 Å². The molecule has 118 valence electrons. The lowest BCUT2D eigenvalue weighted by Gasteiger charge is -2.32. The first-order valence-electron chi connectivity index (χ1n) is 8.31. The van der Waals surface area contributed by atoms with Crippen LogP contribution in [0.4, 0.5) is 0 Å².